The Kier molecular flexibility index (Phi) is 9.68. The second-order valence-corrected chi connectivity index (χ2v) is 19.7. The van der Waals surface area contributed by atoms with E-state index in [1.54, 1.807) is 0 Å². The van der Waals surface area contributed by atoms with Crippen LogP contribution in [-0.2, 0) is 0 Å². The first kappa shape index (κ1) is 39.1. The zero-order chi connectivity index (χ0) is 41.4. The van der Waals surface area contributed by atoms with Crippen molar-refractivity contribution in [2.24, 2.45) is 0 Å². The van der Waals surface area contributed by atoms with Crippen molar-refractivity contribution in [2.75, 3.05) is 0 Å². The molecule has 1 aliphatic rings. The Hall–Kier alpha value is -6.14. The van der Waals surface area contributed by atoms with Gasteiger partial charge in [-0.05, 0) is 0 Å². The molecule has 0 nitrogen and oxygen atoms in total. The molecule has 286 valence electrons. The van der Waals surface area contributed by atoms with Crippen LogP contribution in [0.25, 0.3) is 11.1 Å². The van der Waals surface area contributed by atoms with Gasteiger partial charge in [-0.1, -0.05) is 0 Å². The summed E-state index contributed by atoms with van der Waals surface area (Å²) in [6.45, 7) is 0. The summed E-state index contributed by atoms with van der Waals surface area (Å²) in [5, 5.41) is 0. The van der Waals surface area contributed by atoms with Crippen molar-refractivity contribution in [1.82, 2.24) is 0 Å². The summed E-state index contributed by atoms with van der Waals surface area (Å²) in [7, 11) is 0. The quantitative estimate of drug-likeness (QED) is 0.0543. The van der Waals surface area contributed by atoms with Crippen LogP contribution in [0.2, 0.25) is 0 Å². The Morgan fingerprint density at radius 2 is 0.491 bits per heavy atom. The van der Waals surface area contributed by atoms with Crippen LogP contribution >= 0.6 is 0 Å². The first-order valence-electron chi connectivity index (χ1n) is 15.6. The van der Waals surface area contributed by atoms with Crippen molar-refractivity contribution in [3.8, 4) is 34.8 Å². The third-order valence-electron chi connectivity index (χ3n) is 9.10. The topological polar surface area (TPSA) is 0 Å². The third kappa shape index (κ3) is 5.52. The molecular formula is C40H10F16Ge. The fraction of sp³-hybridized carbons (Fsp3) is 0. The predicted octanol–water partition coefficient (Wildman–Crippen LogP) is 8.07. The van der Waals surface area contributed by atoms with Gasteiger partial charge in [-0.15, -0.1) is 0 Å². The number of rotatable bonds is 2. The van der Waals surface area contributed by atoms with E-state index in [2.05, 4.69) is 0 Å². The molecule has 0 radical (unpaired) electrons. The van der Waals surface area contributed by atoms with Crippen LogP contribution < -0.4 is 17.6 Å². The molecule has 0 saturated heterocycles. The molecule has 0 bridgehead atoms. The van der Waals surface area contributed by atoms with Crippen LogP contribution in [0.1, 0.15) is 22.3 Å². The molecule has 0 amide bonds. The molecule has 0 spiro atoms. The van der Waals surface area contributed by atoms with Gasteiger partial charge in [0.15, 0.2) is 0 Å². The van der Waals surface area contributed by atoms with Gasteiger partial charge >= 0.3 is 312 Å². The van der Waals surface area contributed by atoms with Gasteiger partial charge in [0.25, 0.3) is 0 Å². The Morgan fingerprint density at radius 1 is 0.263 bits per heavy atom. The first-order valence-corrected chi connectivity index (χ1v) is 19.8. The van der Waals surface area contributed by atoms with E-state index >= 15 is 26.3 Å². The summed E-state index contributed by atoms with van der Waals surface area (Å²) >= 11 is -5.95. The normalized spacial score (nSPS) is 12.4. The molecule has 0 aromatic heterocycles. The Morgan fingerprint density at radius 3 is 0.772 bits per heavy atom. The average Bonchev–Trinajstić information content (AvgIpc) is 3.55. The van der Waals surface area contributed by atoms with E-state index in [0.717, 1.165) is 0 Å². The summed E-state index contributed by atoms with van der Waals surface area (Å²) in [6.07, 6.45) is 0. The molecule has 0 saturated carbocycles. The van der Waals surface area contributed by atoms with Crippen molar-refractivity contribution < 1.29 is 70.2 Å². The number of hydrogen-bond donors (Lipinski definition) is 0. The zero-order valence-electron chi connectivity index (χ0n) is 27.3. The number of halogens is 16. The van der Waals surface area contributed by atoms with Gasteiger partial charge in [-0.25, -0.2) is 0 Å². The van der Waals surface area contributed by atoms with Gasteiger partial charge in [0.1, 0.15) is 0 Å². The van der Waals surface area contributed by atoms with Crippen molar-refractivity contribution in [3.63, 3.8) is 0 Å². The molecule has 0 atom stereocenters. The standard InChI is InChI=1S/C40H10F16Ge/c41-23-19(13-11-17-25(43)33(51)37(55)34(52)26(17)44)29(47)39-21(31(23)49)22-32(50)24(42)20(14-12-18-27(45)35(53)38(56)36(54)28(18)46)30(48)40(22)57(39,15-7-3-1-4-8-15)16-9-5-2-6-10-16/h1-10H. The van der Waals surface area contributed by atoms with Crippen molar-refractivity contribution in [3.05, 3.63) is 176 Å². The average molecular weight is 867 g/mol. The van der Waals surface area contributed by atoms with E-state index in [0.29, 0.717) is 0 Å². The fourth-order valence-corrected chi connectivity index (χ4v) is 17.7. The van der Waals surface area contributed by atoms with Gasteiger partial charge in [-0.2, -0.15) is 0 Å². The first-order chi connectivity index (χ1) is 27.0. The van der Waals surface area contributed by atoms with Gasteiger partial charge < -0.3 is 0 Å². The van der Waals surface area contributed by atoms with E-state index in [1.165, 1.54) is 84.3 Å². The summed E-state index contributed by atoms with van der Waals surface area (Å²) in [6, 6.07) is 12.8. The maximum absolute atomic E-state index is 17.2. The Bertz CT molecular complexity index is 2610. The molecule has 17 heteroatoms. The minimum atomic E-state index is -5.95. The van der Waals surface area contributed by atoms with E-state index in [-0.39, 0.29) is 8.79 Å². The van der Waals surface area contributed by atoms with E-state index in [9.17, 15) is 43.9 Å². The number of benzene rings is 6. The number of fused-ring (bicyclic) bond motifs is 3. The Balaban J connectivity index is 1.64. The molecule has 57 heavy (non-hydrogen) atoms. The second kappa shape index (κ2) is 14.1. The van der Waals surface area contributed by atoms with Crippen molar-refractivity contribution in [1.29, 1.82) is 0 Å². The van der Waals surface area contributed by atoms with Crippen LogP contribution in [-0.4, -0.2) is 13.3 Å². The molecular weight excluding hydrogens is 857 g/mol. The number of hydrogen-bond acceptors (Lipinski definition) is 0. The molecule has 6 aromatic carbocycles. The van der Waals surface area contributed by atoms with E-state index in [4.69, 9.17) is 0 Å². The molecule has 0 unspecified atom stereocenters. The van der Waals surface area contributed by atoms with Crippen LogP contribution in [0.4, 0.5) is 70.2 Å². The van der Waals surface area contributed by atoms with Crippen LogP contribution in [0.5, 0.6) is 0 Å². The van der Waals surface area contributed by atoms with Gasteiger partial charge in [0.05, 0.1) is 0 Å². The third-order valence-corrected chi connectivity index (χ3v) is 19.2. The zero-order valence-corrected chi connectivity index (χ0v) is 29.4. The molecule has 1 heterocycles. The Labute approximate surface area is 311 Å². The van der Waals surface area contributed by atoms with E-state index < -0.39 is 149 Å². The monoisotopic (exact) mass is 868 g/mol. The minimum absolute atomic E-state index is 0.129. The molecule has 0 N–H and O–H groups in total. The molecule has 0 fully saturated rings. The van der Waals surface area contributed by atoms with E-state index in [1.807, 2.05) is 0 Å². The molecule has 1 aliphatic heterocycles. The van der Waals surface area contributed by atoms with Crippen LogP contribution in [0.15, 0.2) is 60.7 Å². The van der Waals surface area contributed by atoms with Gasteiger partial charge in [-0.3, -0.25) is 0 Å². The maximum atomic E-state index is 17.2. The molecule has 6 aromatic rings. The summed E-state index contributed by atoms with van der Waals surface area (Å²) in [5.41, 5.74) is -10.1. The summed E-state index contributed by atoms with van der Waals surface area (Å²) in [4.78, 5) is 0. The SMILES string of the molecule is Fc1c(F)c(F)c(C#Cc2c(F)c(F)c3[c](c2F)[Ge]([c]2ccccc2)([c]2ccccc2)[c]2c(F)c(C#Cc4c(F)c(F)c(F)c(F)c4F)c(F)c(F)c2-3)c(F)c1F. The fourth-order valence-electron chi connectivity index (χ4n) is 6.64. The van der Waals surface area contributed by atoms with Gasteiger partial charge in [0, 0.05) is 0 Å². The predicted molar refractivity (Wildman–Crippen MR) is 173 cm³/mol. The van der Waals surface area contributed by atoms with Crippen molar-refractivity contribution >= 4 is 30.8 Å². The summed E-state index contributed by atoms with van der Waals surface area (Å²) in [5.74, 6) is -32.6. The molecule has 0 aliphatic carbocycles. The van der Waals surface area contributed by atoms with Crippen LogP contribution in [0.3, 0.4) is 0 Å². The second-order valence-electron chi connectivity index (χ2n) is 12.0. The van der Waals surface area contributed by atoms with Crippen LogP contribution in [0, 0.1) is 117 Å². The molecule has 7 rings (SSSR count). The van der Waals surface area contributed by atoms with Crippen molar-refractivity contribution in [2.45, 2.75) is 0 Å². The van der Waals surface area contributed by atoms with Gasteiger partial charge in [0.2, 0.25) is 0 Å². The summed E-state index contributed by atoms with van der Waals surface area (Å²) < 4.78 is 238.